The van der Waals surface area contributed by atoms with Crippen molar-refractivity contribution in [2.75, 3.05) is 26.4 Å². The third kappa shape index (κ3) is 16.8. The predicted molar refractivity (Wildman–Crippen MR) is 175 cm³/mol. The molecule has 0 bridgehead atoms. The monoisotopic (exact) mass is 626 g/mol. The van der Waals surface area contributed by atoms with Crippen molar-refractivity contribution >= 4 is 23.9 Å². The van der Waals surface area contributed by atoms with Crippen LogP contribution in [0.15, 0.2) is 0 Å². The summed E-state index contributed by atoms with van der Waals surface area (Å²) < 4.78 is 22.4. The molecule has 1 atom stereocenters. The Morgan fingerprint density at radius 3 is 0.955 bits per heavy atom. The highest BCUT2D eigenvalue weighted by molar-refractivity contribution is 6.20. The van der Waals surface area contributed by atoms with Gasteiger partial charge in [0.15, 0.2) is 0 Å². The quantitative estimate of drug-likeness (QED) is 0.0336. The van der Waals surface area contributed by atoms with E-state index < -0.39 is 35.2 Å². The Labute approximate surface area is 269 Å². The second-order valence-electron chi connectivity index (χ2n) is 12.0. The minimum atomic E-state index is -2.57. The lowest BCUT2D eigenvalue weighted by Crippen LogP contribution is -2.57. The Bertz CT molecular complexity index is 681. The summed E-state index contributed by atoms with van der Waals surface area (Å²) in [6.07, 6.45) is 18.7. The summed E-state index contributed by atoms with van der Waals surface area (Å²) in [6.45, 7) is 10.4. The lowest BCUT2D eigenvalue weighted by Gasteiger charge is -2.32. The fourth-order valence-corrected chi connectivity index (χ4v) is 5.26. The van der Waals surface area contributed by atoms with Crippen LogP contribution in [0.25, 0.3) is 0 Å². The van der Waals surface area contributed by atoms with Gasteiger partial charge in [-0.25, -0.2) is 0 Å². The molecule has 0 saturated heterocycles. The second-order valence-corrected chi connectivity index (χ2v) is 12.0. The van der Waals surface area contributed by atoms with Crippen molar-refractivity contribution in [3.8, 4) is 0 Å². The van der Waals surface area contributed by atoms with Gasteiger partial charge in [-0.2, -0.15) is 0 Å². The molecular weight excluding hydrogens is 560 g/mol. The largest absolute Gasteiger partial charge is 0.465 e. The summed E-state index contributed by atoms with van der Waals surface area (Å²) in [4.78, 5) is 55.2. The minimum absolute atomic E-state index is 0.0114. The van der Waals surface area contributed by atoms with E-state index in [1.165, 1.54) is 0 Å². The molecule has 8 heteroatoms. The van der Waals surface area contributed by atoms with E-state index in [2.05, 4.69) is 27.7 Å². The van der Waals surface area contributed by atoms with E-state index in [-0.39, 0.29) is 32.8 Å². The molecule has 0 aliphatic heterocycles. The van der Waals surface area contributed by atoms with E-state index >= 15 is 0 Å². The van der Waals surface area contributed by atoms with E-state index in [0.29, 0.717) is 25.7 Å². The first kappa shape index (κ1) is 41.9. The minimum Gasteiger partial charge on any atom is -0.465 e. The number of carbonyl (C=O) groups excluding carboxylic acids is 4. The molecular formula is C36H66O8. The van der Waals surface area contributed by atoms with Crippen molar-refractivity contribution in [1.29, 1.82) is 0 Å². The molecule has 0 aromatic rings. The lowest BCUT2D eigenvalue weighted by molar-refractivity contribution is -0.195. The van der Waals surface area contributed by atoms with Gasteiger partial charge >= 0.3 is 23.9 Å². The average Bonchev–Trinajstić information content (AvgIpc) is 3.02. The van der Waals surface area contributed by atoms with Crippen molar-refractivity contribution in [3.63, 3.8) is 0 Å². The molecule has 0 radical (unpaired) electrons. The third-order valence-electron chi connectivity index (χ3n) is 8.12. The topological polar surface area (TPSA) is 105 Å². The maximum Gasteiger partial charge on any atom is 0.336 e. The molecule has 0 N–H and O–H groups in total. The Morgan fingerprint density at radius 1 is 0.409 bits per heavy atom. The number of carbonyl (C=O) groups is 4. The maximum atomic E-state index is 13.9. The SMILES string of the molecule is CCCCCCCOC(=O)C(CC)C(C(=O)OCCCCCCC)(C(=O)OCCCCCCC)C(=O)OCCCCCCC. The summed E-state index contributed by atoms with van der Waals surface area (Å²) in [5.41, 5.74) is -2.57. The first-order chi connectivity index (χ1) is 21.4. The molecule has 0 heterocycles. The average molecular weight is 627 g/mol. The normalized spacial score (nSPS) is 12.0. The fraction of sp³-hybridized carbons (Fsp3) is 0.889. The van der Waals surface area contributed by atoms with Crippen LogP contribution in [0, 0.1) is 11.3 Å². The van der Waals surface area contributed by atoms with Gasteiger partial charge in [0.1, 0.15) is 0 Å². The van der Waals surface area contributed by atoms with Crippen LogP contribution in [-0.2, 0) is 38.1 Å². The zero-order valence-corrected chi connectivity index (χ0v) is 29.0. The van der Waals surface area contributed by atoms with Gasteiger partial charge in [0, 0.05) is 0 Å². The molecule has 0 fully saturated rings. The Hall–Kier alpha value is -2.12. The maximum absolute atomic E-state index is 13.9. The molecule has 0 spiro atoms. The smallest absolute Gasteiger partial charge is 0.336 e. The number of hydrogen-bond donors (Lipinski definition) is 0. The fourth-order valence-electron chi connectivity index (χ4n) is 5.26. The van der Waals surface area contributed by atoms with E-state index in [9.17, 15) is 19.2 Å². The molecule has 0 saturated carbocycles. The summed E-state index contributed by atoms with van der Waals surface area (Å²) in [5, 5.41) is 0. The van der Waals surface area contributed by atoms with Gasteiger partial charge in [-0.3, -0.25) is 19.2 Å². The number of hydrogen-bond acceptors (Lipinski definition) is 8. The van der Waals surface area contributed by atoms with Gasteiger partial charge in [-0.15, -0.1) is 0 Å². The van der Waals surface area contributed by atoms with Crippen molar-refractivity contribution in [2.24, 2.45) is 11.3 Å². The molecule has 0 amide bonds. The molecule has 0 rings (SSSR count). The third-order valence-corrected chi connectivity index (χ3v) is 8.12. The van der Waals surface area contributed by atoms with Crippen LogP contribution in [0.4, 0.5) is 0 Å². The van der Waals surface area contributed by atoms with Crippen molar-refractivity contribution in [3.05, 3.63) is 0 Å². The van der Waals surface area contributed by atoms with Gasteiger partial charge in [0.05, 0.1) is 32.3 Å². The van der Waals surface area contributed by atoms with Crippen LogP contribution in [0.2, 0.25) is 0 Å². The predicted octanol–water partition coefficient (Wildman–Crippen LogP) is 9.05. The number of ether oxygens (including phenoxy) is 4. The zero-order chi connectivity index (χ0) is 32.9. The zero-order valence-electron chi connectivity index (χ0n) is 29.0. The van der Waals surface area contributed by atoms with E-state index in [4.69, 9.17) is 18.9 Å². The van der Waals surface area contributed by atoms with Gasteiger partial charge in [-0.1, -0.05) is 137 Å². The van der Waals surface area contributed by atoms with Gasteiger partial charge in [0.25, 0.3) is 5.41 Å². The highest BCUT2D eigenvalue weighted by Gasteiger charge is 2.65. The highest BCUT2D eigenvalue weighted by atomic mass is 16.6. The molecule has 0 aromatic heterocycles. The lowest BCUT2D eigenvalue weighted by atomic mass is 9.73. The van der Waals surface area contributed by atoms with Crippen molar-refractivity contribution in [1.82, 2.24) is 0 Å². The molecule has 44 heavy (non-hydrogen) atoms. The summed E-state index contributed by atoms with van der Waals surface area (Å²) in [5.74, 6) is -5.42. The first-order valence-electron chi connectivity index (χ1n) is 18.1. The van der Waals surface area contributed by atoms with Crippen LogP contribution < -0.4 is 0 Å². The van der Waals surface area contributed by atoms with Gasteiger partial charge in [0.2, 0.25) is 0 Å². The highest BCUT2D eigenvalue weighted by Crippen LogP contribution is 2.37. The van der Waals surface area contributed by atoms with Crippen molar-refractivity contribution < 1.29 is 38.1 Å². The number of rotatable bonds is 30. The van der Waals surface area contributed by atoms with Crippen LogP contribution in [0.1, 0.15) is 169 Å². The van der Waals surface area contributed by atoms with Crippen LogP contribution >= 0.6 is 0 Å². The van der Waals surface area contributed by atoms with E-state index in [1.807, 2.05) is 0 Å². The van der Waals surface area contributed by atoms with Crippen LogP contribution in [0.3, 0.4) is 0 Å². The van der Waals surface area contributed by atoms with Crippen LogP contribution in [0.5, 0.6) is 0 Å². The first-order valence-corrected chi connectivity index (χ1v) is 18.1. The molecule has 0 aliphatic carbocycles. The van der Waals surface area contributed by atoms with Crippen molar-refractivity contribution in [2.45, 2.75) is 169 Å². The van der Waals surface area contributed by atoms with E-state index in [0.717, 1.165) is 103 Å². The number of unbranched alkanes of at least 4 members (excludes halogenated alkanes) is 16. The summed E-state index contributed by atoms with van der Waals surface area (Å²) in [6, 6.07) is 0. The van der Waals surface area contributed by atoms with Gasteiger partial charge < -0.3 is 18.9 Å². The molecule has 0 aromatic carbocycles. The number of esters is 4. The van der Waals surface area contributed by atoms with Gasteiger partial charge in [-0.05, 0) is 32.1 Å². The molecule has 1 unspecified atom stereocenters. The Morgan fingerprint density at radius 2 is 0.682 bits per heavy atom. The molecule has 0 aliphatic rings. The standard InChI is InChI=1S/C36H66O8/c1-6-11-15-19-23-27-41-32(37)31(10-5)36(33(38)42-28-24-20-16-12-7-2,34(39)43-29-25-21-17-13-8-3)35(40)44-30-26-22-18-14-9-4/h31H,6-30H2,1-5H3. The Balaban J connectivity index is 6.07. The molecule has 258 valence electrons. The van der Waals surface area contributed by atoms with E-state index in [1.54, 1.807) is 6.92 Å². The molecule has 8 nitrogen and oxygen atoms in total. The second kappa shape index (κ2) is 28.4. The Kier molecular flexibility index (Phi) is 27.0. The summed E-state index contributed by atoms with van der Waals surface area (Å²) >= 11 is 0. The van der Waals surface area contributed by atoms with Crippen LogP contribution in [-0.4, -0.2) is 50.3 Å². The summed E-state index contributed by atoms with van der Waals surface area (Å²) in [7, 11) is 0.